The molecule has 0 aliphatic carbocycles. The van der Waals surface area contributed by atoms with Gasteiger partial charge in [0, 0.05) is 6.42 Å². The third-order valence-electron chi connectivity index (χ3n) is 12.0. The zero-order valence-corrected chi connectivity index (χ0v) is 39.7. The highest BCUT2D eigenvalue weighted by Crippen LogP contribution is 2.17. The molecule has 1 amide bonds. The van der Waals surface area contributed by atoms with Crippen molar-refractivity contribution >= 4 is 11.9 Å². The third-order valence-corrected chi connectivity index (χ3v) is 12.0. The normalized spacial score (nSPS) is 13.4. The molecule has 0 bridgehead atoms. The lowest BCUT2D eigenvalue weighted by molar-refractivity contribution is -0.151. The molecule has 0 fully saturated rings. The van der Waals surface area contributed by atoms with Crippen LogP contribution >= 0.6 is 0 Å². The second-order valence-corrected chi connectivity index (χ2v) is 17.9. The first-order valence-electron chi connectivity index (χ1n) is 26.1. The number of carbonyl (C=O) groups excluding carboxylic acids is 2. The summed E-state index contributed by atoms with van der Waals surface area (Å²) in [5.74, 6) is -0.484. The van der Waals surface area contributed by atoms with Gasteiger partial charge in [0.25, 0.3) is 0 Å². The Labute approximate surface area is 367 Å². The van der Waals surface area contributed by atoms with Gasteiger partial charge in [-0.05, 0) is 77.0 Å². The number of aliphatic hydroxyl groups is 2. The summed E-state index contributed by atoms with van der Waals surface area (Å²) < 4.78 is 5.93. The third kappa shape index (κ3) is 42.8. The molecule has 59 heavy (non-hydrogen) atoms. The molecule has 0 spiro atoms. The average molecular weight is 832 g/mol. The molecule has 0 aromatic heterocycles. The lowest BCUT2D eigenvalue weighted by Crippen LogP contribution is -2.46. The van der Waals surface area contributed by atoms with E-state index in [1.807, 2.05) is 0 Å². The number of unbranched alkanes of at least 4 members (excludes halogenated alkanes) is 31. The molecule has 0 saturated heterocycles. The van der Waals surface area contributed by atoms with Gasteiger partial charge in [0.05, 0.1) is 25.2 Å². The fraction of sp³-hybridized carbons (Fsp3) is 0.887. The maximum Gasteiger partial charge on any atom is 0.306 e. The van der Waals surface area contributed by atoms with E-state index in [0.29, 0.717) is 19.3 Å². The van der Waals surface area contributed by atoms with Gasteiger partial charge in [0.1, 0.15) is 6.10 Å². The largest absolute Gasteiger partial charge is 0.462 e. The predicted molar refractivity (Wildman–Crippen MR) is 255 cm³/mol. The highest BCUT2D eigenvalue weighted by molar-refractivity contribution is 5.77. The Morgan fingerprint density at radius 3 is 1.22 bits per heavy atom. The summed E-state index contributed by atoms with van der Waals surface area (Å²) in [7, 11) is 0. The zero-order valence-electron chi connectivity index (χ0n) is 39.7. The quantitative estimate of drug-likeness (QED) is 0.0322. The van der Waals surface area contributed by atoms with Crippen molar-refractivity contribution in [1.82, 2.24) is 5.32 Å². The van der Waals surface area contributed by atoms with E-state index in [1.165, 1.54) is 167 Å². The summed E-state index contributed by atoms with van der Waals surface area (Å²) in [5, 5.41) is 23.7. The predicted octanol–water partition coefficient (Wildman–Crippen LogP) is 15.5. The van der Waals surface area contributed by atoms with Crippen LogP contribution in [0, 0.1) is 0 Å². The van der Waals surface area contributed by atoms with Crippen LogP contribution < -0.4 is 5.32 Å². The number of ether oxygens (including phenoxy) is 1. The molecule has 6 heteroatoms. The van der Waals surface area contributed by atoms with Crippen LogP contribution in [0.1, 0.15) is 278 Å². The molecule has 0 aromatic carbocycles. The summed E-state index contributed by atoms with van der Waals surface area (Å²) in [5.41, 5.74) is 0. The number of nitrogens with one attached hydrogen (secondary N) is 1. The van der Waals surface area contributed by atoms with Crippen molar-refractivity contribution in [2.24, 2.45) is 0 Å². The Morgan fingerprint density at radius 2 is 0.814 bits per heavy atom. The van der Waals surface area contributed by atoms with Crippen molar-refractivity contribution in [2.75, 3.05) is 6.61 Å². The lowest BCUT2D eigenvalue weighted by atomic mass is 10.0. The van der Waals surface area contributed by atoms with E-state index in [-0.39, 0.29) is 24.9 Å². The van der Waals surface area contributed by atoms with E-state index >= 15 is 0 Å². The van der Waals surface area contributed by atoms with Crippen LogP contribution in [0.2, 0.25) is 0 Å². The number of aliphatic hydroxyl groups excluding tert-OH is 2. The molecule has 3 N–H and O–H groups in total. The molecule has 0 radical (unpaired) electrons. The van der Waals surface area contributed by atoms with Crippen molar-refractivity contribution in [3.8, 4) is 0 Å². The highest BCUT2D eigenvalue weighted by Gasteiger charge is 2.24. The van der Waals surface area contributed by atoms with Crippen molar-refractivity contribution in [1.29, 1.82) is 0 Å². The number of esters is 1. The molecule has 0 saturated carbocycles. The van der Waals surface area contributed by atoms with Crippen LogP contribution in [0.4, 0.5) is 0 Å². The number of carbonyl (C=O) groups is 2. The van der Waals surface area contributed by atoms with Crippen molar-refractivity contribution in [3.05, 3.63) is 24.3 Å². The topological polar surface area (TPSA) is 95.9 Å². The summed E-state index contributed by atoms with van der Waals surface area (Å²) in [6, 6.07) is -0.702. The first-order chi connectivity index (χ1) is 29.0. The minimum atomic E-state index is -0.787. The van der Waals surface area contributed by atoms with Crippen LogP contribution in [0.25, 0.3) is 0 Å². The van der Waals surface area contributed by atoms with Gasteiger partial charge >= 0.3 is 5.97 Å². The number of hydrogen-bond acceptors (Lipinski definition) is 5. The molecular weight excluding hydrogens is 731 g/mol. The zero-order chi connectivity index (χ0) is 43.1. The Bertz CT molecular complexity index is 935. The number of rotatable bonds is 47. The number of hydrogen-bond donors (Lipinski definition) is 3. The van der Waals surface area contributed by atoms with E-state index in [2.05, 4.69) is 50.4 Å². The smallest absolute Gasteiger partial charge is 0.306 e. The molecule has 348 valence electrons. The van der Waals surface area contributed by atoms with Gasteiger partial charge < -0.3 is 20.3 Å². The van der Waals surface area contributed by atoms with Crippen LogP contribution in [0.5, 0.6) is 0 Å². The highest BCUT2D eigenvalue weighted by atomic mass is 16.5. The lowest BCUT2D eigenvalue weighted by Gasteiger charge is -2.24. The van der Waals surface area contributed by atoms with Crippen LogP contribution in [-0.4, -0.2) is 46.9 Å². The second-order valence-electron chi connectivity index (χ2n) is 17.9. The fourth-order valence-corrected chi connectivity index (χ4v) is 8.01. The molecule has 0 rings (SSSR count). The van der Waals surface area contributed by atoms with Gasteiger partial charge in [-0.3, -0.25) is 9.59 Å². The van der Waals surface area contributed by atoms with Crippen molar-refractivity contribution in [3.63, 3.8) is 0 Å². The monoisotopic (exact) mass is 832 g/mol. The fourth-order valence-electron chi connectivity index (χ4n) is 8.01. The van der Waals surface area contributed by atoms with E-state index in [1.54, 1.807) is 0 Å². The van der Waals surface area contributed by atoms with Gasteiger partial charge in [-0.2, -0.15) is 0 Å². The first-order valence-corrected chi connectivity index (χ1v) is 26.1. The van der Waals surface area contributed by atoms with Crippen molar-refractivity contribution in [2.45, 2.75) is 296 Å². The van der Waals surface area contributed by atoms with E-state index in [4.69, 9.17) is 4.74 Å². The number of amides is 1. The Morgan fingerprint density at radius 1 is 0.475 bits per heavy atom. The first kappa shape index (κ1) is 57.3. The van der Waals surface area contributed by atoms with Gasteiger partial charge in [-0.25, -0.2) is 0 Å². The maximum atomic E-state index is 13.2. The molecule has 0 aromatic rings. The Kier molecular flexibility index (Phi) is 46.1. The molecule has 6 nitrogen and oxygen atoms in total. The minimum Gasteiger partial charge on any atom is -0.462 e. The average Bonchev–Trinajstić information content (AvgIpc) is 3.23. The summed E-state index contributed by atoms with van der Waals surface area (Å²) in [4.78, 5) is 26.1. The molecule has 0 heterocycles. The second kappa shape index (κ2) is 47.4. The van der Waals surface area contributed by atoms with Gasteiger partial charge in [0.2, 0.25) is 5.91 Å². The summed E-state index contributed by atoms with van der Waals surface area (Å²) in [6.45, 7) is 6.47. The molecule has 3 unspecified atom stereocenters. The van der Waals surface area contributed by atoms with Gasteiger partial charge in [0.15, 0.2) is 0 Å². The Balaban J connectivity index is 4.55. The SMILES string of the molecule is CCCCCCCC/C=C/CCCCCCCCCC(=O)OC(CCCCC/C=C/CCCCCCCCC)CC(=O)NC(CO)C(O)CCCCCCCCCCC. The van der Waals surface area contributed by atoms with Crippen LogP contribution in [-0.2, 0) is 14.3 Å². The van der Waals surface area contributed by atoms with Crippen LogP contribution in [0.15, 0.2) is 24.3 Å². The summed E-state index contributed by atoms with van der Waals surface area (Å²) >= 11 is 0. The van der Waals surface area contributed by atoms with E-state index < -0.39 is 18.2 Å². The van der Waals surface area contributed by atoms with Gasteiger partial charge in [-0.1, -0.05) is 212 Å². The standard InChI is InChI=1S/C53H101NO5/c1-4-7-10-13-16-19-21-23-25-26-27-29-31-34-37-40-43-46-53(58)59-49(44-41-38-35-33-30-28-24-22-20-17-14-11-8-5-2)47-52(57)54-50(48-55)51(56)45-42-39-36-32-18-15-12-9-6-3/h23,25,28,30,49-51,55-56H,4-22,24,26-27,29,31-48H2,1-3H3,(H,54,57)/b25-23+,30-28+. The Hall–Kier alpha value is -1.66. The van der Waals surface area contributed by atoms with Gasteiger partial charge in [-0.15, -0.1) is 0 Å². The van der Waals surface area contributed by atoms with E-state index in [0.717, 1.165) is 64.2 Å². The van der Waals surface area contributed by atoms with E-state index in [9.17, 15) is 19.8 Å². The molecule has 0 aliphatic rings. The summed E-state index contributed by atoms with van der Waals surface area (Å²) in [6.07, 6.45) is 53.8. The molecular formula is C53H101NO5. The maximum absolute atomic E-state index is 13.2. The van der Waals surface area contributed by atoms with Crippen molar-refractivity contribution < 1.29 is 24.5 Å². The van der Waals surface area contributed by atoms with Crippen LogP contribution in [0.3, 0.4) is 0 Å². The minimum absolute atomic E-state index is 0.0690. The molecule has 3 atom stereocenters. The number of allylic oxidation sites excluding steroid dienone is 4. The molecule has 0 aliphatic heterocycles.